The molecule has 0 N–H and O–H groups in total. The fourth-order valence-corrected chi connectivity index (χ4v) is 4.20. The maximum atomic E-state index is 12.7. The Hall–Kier alpha value is -1.50. The summed E-state index contributed by atoms with van der Waals surface area (Å²) in [7, 11) is 1.59. The van der Waals surface area contributed by atoms with Gasteiger partial charge in [0.05, 0.1) is 18.9 Å². The van der Waals surface area contributed by atoms with E-state index in [4.69, 9.17) is 16.3 Å². The van der Waals surface area contributed by atoms with Crippen molar-refractivity contribution in [1.29, 1.82) is 0 Å². The SMILES string of the molecule is COc1ccc(Br)cc1C[C@@H]1SC(=O)N(Cc2ccc(Cl)cc2)C1=O. The van der Waals surface area contributed by atoms with Crippen molar-refractivity contribution in [2.24, 2.45) is 0 Å². The van der Waals surface area contributed by atoms with Gasteiger partial charge in [0.1, 0.15) is 5.75 Å². The molecule has 0 bridgehead atoms. The monoisotopic (exact) mass is 439 g/mol. The minimum atomic E-state index is -0.442. The number of carbonyl (C=O) groups excluding carboxylic acids is 2. The Morgan fingerprint density at radius 3 is 2.60 bits per heavy atom. The second-order valence-corrected chi connectivity index (χ2v) is 8.09. The van der Waals surface area contributed by atoms with Gasteiger partial charge in [-0.25, -0.2) is 0 Å². The highest BCUT2D eigenvalue weighted by molar-refractivity contribution is 9.10. The molecule has 2 aromatic carbocycles. The molecule has 1 aliphatic rings. The van der Waals surface area contributed by atoms with E-state index in [9.17, 15) is 9.59 Å². The summed E-state index contributed by atoms with van der Waals surface area (Å²) in [4.78, 5) is 26.3. The van der Waals surface area contributed by atoms with Gasteiger partial charge < -0.3 is 4.74 Å². The third kappa shape index (κ3) is 4.19. The van der Waals surface area contributed by atoms with Gasteiger partial charge in [-0.05, 0) is 47.9 Å². The first-order chi connectivity index (χ1) is 12.0. The van der Waals surface area contributed by atoms with Gasteiger partial charge in [0, 0.05) is 9.50 Å². The molecule has 25 heavy (non-hydrogen) atoms. The van der Waals surface area contributed by atoms with E-state index >= 15 is 0 Å². The summed E-state index contributed by atoms with van der Waals surface area (Å²) in [5, 5.41) is -0.0428. The van der Waals surface area contributed by atoms with Crippen molar-refractivity contribution >= 4 is 50.4 Å². The fourth-order valence-electron chi connectivity index (χ4n) is 2.65. The number of nitrogens with zero attached hydrogens (tertiary/aromatic N) is 1. The molecule has 1 heterocycles. The average Bonchev–Trinajstić information content (AvgIpc) is 2.84. The van der Waals surface area contributed by atoms with Crippen LogP contribution in [-0.4, -0.2) is 28.4 Å². The third-order valence-electron chi connectivity index (χ3n) is 3.91. The van der Waals surface area contributed by atoms with Gasteiger partial charge in [-0.2, -0.15) is 0 Å². The highest BCUT2D eigenvalue weighted by Gasteiger charge is 2.39. The average molecular weight is 441 g/mol. The molecular weight excluding hydrogens is 426 g/mol. The molecule has 0 aliphatic carbocycles. The van der Waals surface area contributed by atoms with Crippen molar-refractivity contribution in [1.82, 2.24) is 4.90 Å². The first-order valence-corrected chi connectivity index (χ1v) is 9.62. The molecule has 1 fully saturated rings. The number of amides is 2. The predicted octanol–water partition coefficient (Wildman–Crippen LogP) is 4.92. The van der Waals surface area contributed by atoms with Gasteiger partial charge in [0.2, 0.25) is 5.91 Å². The summed E-state index contributed by atoms with van der Waals surface area (Å²) in [5.41, 5.74) is 1.76. The molecule has 0 radical (unpaired) electrons. The summed E-state index contributed by atoms with van der Waals surface area (Å²) in [6.45, 7) is 0.258. The largest absolute Gasteiger partial charge is 0.496 e. The predicted molar refractivity (Wildman–Crippen MR) is 103 cm³/mol. The maximum absolute atomic E-state index is 12.7. The number of benzene rings is 2. The van der Waals surface area contributed by atoms with Crippen LogP contribution >= 0.6 is 39.3 Å². The van der Waals surface area contributed by atoms with E-state index in [0.717, 1.165) is 27.4 Å². The Kier molecular flexibility index (Phi) is 5.71. The van der Waals surface area contributed by atoms with Crippen molar-refractivity contribution in [3.8, 4) is 5.75 Å². The van der Waals surface area contributed by atoms with Crippen molar-refractivity contribution in [2.45, 2.75) is 18.2 Å². The Balaban J connectivity index is 1.75. The Morgan fingerprint density at radius 2 is 1.92 bits per heavy atom. The number of ether oxygens (including phenoxy) is 1. The standard InChI is InChI=1S/C18H15BrClNO3S/c1-24-15-7-4-13(19)8-12(15)9-16-17(22)21(18(23)25-16)10-11-2-5-14(20)6-3-11/h2-8,16H,9-10H2,1H3/t16-/m0/s1. The van der Waals surface area contributed by atoms with Gasteiger partial charge in [-0.1, -0.05) is 51.4 Å². The number of carbonyl (C=O) groups is 2. The van der Waals surface area contributed by atoms with Crippen LogP contribution in [0.25, 0.3) is 0 Å². The van der Waals surface area contributed by atoms with Crippen LogP contribution in [0.15, 0.2) is 46.9 Å². The zero-order valence-electron chi connectivity index (χ0n) is 13.4. The van der Waals surface area contributed by atoms with E-state index < -0.39 is 5.25 Å². The number of methoxy groups -OCH3 is 1. The minimum Gasteiger partial charge on any atom is -0.496 e. The first-order valence-electron chi connectivity index (χ1n) is 7.57. The lowest BCUT2D eigenvalue weighted by Crippen LogP contribution is -2.31. The molecule has 7 heteroatoms. The van der Waals surface area contributed by atoms with Gasteiger partial charge >= 0.3 is 0 Å². The number of hydrogen-bond acceptors (Lipinski definition) is 4. The molecule has 3 rings (SSSR count). The lowest BCUT2D eigenvalue weighted by Gasteiger charge is -2.15. The summed E-state index contributed by atoms with van der Waals surface area (Å²) in [5.74, 6) is 0.534. The number of hydrogen-bond donors (Lipinski definition) is 0. The molecule has 0 aromatic heterocycles. The molecule has 0 unspecified atom stereocenters. The van der Waals surface area contributed by atoms with Crippen molar-refractivity contribution < 1.29 is 14.3 Å². The van der Waals surface area contributed by atoms with E-state index in [0.29, 0.717) is 17.2 Å². The molecule has 0 spiro atoms. The Morgan fingerprint density at radius 1 is 1.20 bits per heavy atom. The number of thioether (sulfide) groups is 1. The van der Waals surface area contributed by atoms with E-state index in [1.54, 1.807) is 19.2 Å². The Bertz CT molecular complexity index is 812. The molecule has 0 saturated carbocycles. The highest BCUT2D eigenvalue weighted by atomic mass is 79.9. The van der Waals surface area contributed by atoms with Crippen molar-refractivity contribution in [2.75, 3.05) is 7.11 Å². The maximum Gasteiger partial charge on any atom is 0.289 e. The third-order valence-corrected chi connectivity index (χ3v) is 5.73. The topological polar surface area (TPSA) is 46.6 Å². The lowest BCUT2D eigenvalue weighted by molar-refractivity contribution is -0.127. The molecule has 1 saturated heterocycles. The molecule has 2 amide bonds. The fraction of sp³-hybridized carbons (Fsp3) is 0.222. The molecule has 130 valence electrons. The minimum absolute atomic E-state index is 0.174. The number of halogens is 2. The first kappa shape index (κ1) is 18.3. The number of imide groups is 1. The summed E-state index contributed by atoms with van der Waals surface area (Å²) < 4.78 is 6.26. The van der Waals surface area contributed by atoms with Crippen LogP contribution in [0.4, 0.5) is 4.79 Å². The Labute approximate surface area is 163 Å². The van der Waals surface area contributed by atoms with Crippen LogP contribution in [0.1, 0.15) is 11.1 Å². The van der Waals surface area contributed by atoms with Crippen LogP contribution in [0.3, 0.4) is 0 Å². The molecule has 1 aliphatic heterocycles. The van der Waals surface area contributed by atoms with Crippen molar-refractivity contribution in [3.05, 3.63) is 63.1 Å². The summed E-state index contributed by atoms with van der Waals surface area (Å²) in [6, 6.07) is 12.8. The van der Waals surface area contributed by atoms with Crippen LogP contribution in [0.5, 0.6) is 5.75 Å². The van der Waals surface area contributed by atoms with Crippen LogP contribution in [-0.2, 0) is 17.8 Å². The van der Waals surface area contributed by atoms with E-state index in [2.05, 4.69) is 15.9 Å². The molecule has 1 atom stereocenters. The molecular formula is C18H15BrClNO3S. The van der Waals surface area contributed by atoms with Crippen LogP contribution in [0.2, 0.25) is 5.02 Å². The number of rotatable bonds is 5. The van der Waals surface area contributed by atoms with E-state index in [-0.39, 0.29) is 17.7 Å². The van der Waals surface area contributed by atoms with E-state index in [1.807, 2.05) is 30.3 Å². The van der Waals surface area contributed by atoms with Crippen molar-refractivity contribution in [3.63, 3.8) is 0 Å². The van der Waals surface area contributed by atoms with Gasteiger partial charge in [-0.15, -0.1) is 0 Å². The van der Waals surface area contributed by atoms with Gasteiger partial charge in [0.25, 0.3) is 5.24 Å². The lowest BCUT2D eigenvalue weighted by atomic mass is 10.1. The summed E-state index contributed by atoms with van der Waals surface area (Å²) >= 11 is 10.4. The molecule has 2 aromatic rings. The molecule has 4 nitrogen and oxygen atoms in total. The van der Waals surface area contributed by atoms with E-state index in [1.165, 1.54) is 4.90 Å². The van der Waals surface area contributed by atoms with Crippen LogP contribution in [0, 0.1) is 0 Å². The summed E-state index contributed by atoms with van der Waals surface area (Å²) in [6.07, 6.45) is 0.439. The van der Waals surface area contributed by atoms with Crippen LogP contribution < -0.4 is 4.74 Å². The van der Waals surface area contributed by atoms with Gasteiger partial charge in [0.15, 0.2) is 0 Å². The normalized spacial score (nSPS) is 17.2. The zero-order valence-corrected chi connectivity index (χ0v) is 16.5. The second kappa shape index (κ2) is 7.81. The smallest absolute Gasteiger partial charge is 0.289 e. The second-order valence-electron chi connectivity index (χ2n) is 5.58. The quantitative estimate of drug-likeness (QED) is 0.662. The van der Waals surface area contributed by atoms with Gasteiger partial charge in [-0.3, -0.25) is 14.5 Å². The highest BCUT2D eigenvalue weighted by Crippen LogP contribution is 2.34. The zero-order chi connectivity index (χ0) is 18.0.